The first kappa shape index (κ1) is 14.9. The second-order valence-corrected chi connectivity index (χ2v) is 4.94. The summed E-state index contributed by atoms with van der Waals surface area (Å²) < 4.78 is 14.4. The number of primary amides is 1. The van der Waals surface area contributed by atoms with E-state index in [0.717, 1.165) is 17.1 Å². The van der Waals surface area contributed by atoms with Gasteiger partial charge in [0.25, 0.3) is 5.91 Å². The van der Waals surface area contributed by atoms with Gasteiger partial charge in [0.1, 0.15) is 22.1 Å². The summed E-state index contributed by atoms with van der Waals surface area (Å²) in [4.78, 5) is 11.3. The predicted molar refractivity (Wildman–Crippen MR) is 81.9 cm³/mol. The lowest BCUT2D eigenvalue weighted by molar-refractivity contribution is 0.100. The molecule has 2 rings (SSSR count). The van der Waals surface area contributed by atoms with Gasteiger partial charge in [-0.15, -0.1) is 0 Å². The summed E-state index contributed by atoms with van der Waals surface area (Å²) in [6, 6.07) is 5.49. The Balaban J connectivity index is 2.19. The zero-order chi connectivity index (χ0) is 15.4. The third-order valence-electron chi connectivity index (χ3n) is 2.90. The van der Waals surface area contributed by atoms with Crippen LogP contribution in [0.1, 0.15) is 15.9 Å². The number of hydrogen-bond donors (Lipinski definition) is 3. The van der Waals surface area contributed by atoms with Crippen LogP contribution in [0.5, 0.6) is 11.5 Å². The molecule has 0 fully saturated rings. The molecule has 0 aliphatic rings. The monoisotopic (exact) mass is 308 g/mol. The van der Waals surface area contributed by atoms with Crippen molar-refractivity contribution in [1.29, 1.82) is 0 Å². The van der Waals surface area contributed by atoms with Crippen molar-refractivity contribution < 1.29 is 14.3 Å². The van der Waals surface area contributed by atoms with Crippen LogP contribution in [0.3, 0.4) is 0 Å². The zero-order valence-electron chi connectivity index (χ0n) is 11.7. The first-order valence-corrected chi connectivity index (χ1v) is 6.84. The molecule has 1 aromatic heterocycles. The first-order valence-electron chi connectivity index (χ1n) is 6.06. The number of methoxy groups -OCH3 is 2. The van der Waals surface area contributed by atoms with Crippen LogP contribution in [0.2, 0.25) is 0 Å². The summed E-state index contributed by atoms with van der Waals surface area (Å²) in [5.74, 6) is 0.914. The number of nitrogen functional groups attached to an aromatic ring is 1. The highest BCUT2D eigenvalue weighted by Gasteiger charge is 2.16. The van der Waals surface area contributed by atoms with Crippen LogP contribution in [0, 0.1) is 0 Å². The number of nitrogens with zero attached hydrogens (tertiary/aromatic N) is 1. The molecule has 5 N–H and O–H groups in total. The van der Waals surface area contributed by atoms with Crippen LogP contribution < -0.4 is 26.3 Å². The van der Waals surface area contributed by atoms with E-state index in [9.17, 15) is 4.79 Å². The van der Waals surface area contributed by atoms with Gasteiger partial charge < -0.3 is 26.3 Å². The van der Waals surface area contributed by atoms with Crippen LogP contribution in [0.25, 0.3) is 0 Å². The van der Waals surface area contributed by atoms with E-state index >= 15 is 0 Å². The van der Waals surface area contributed by atoms with E-state index in [0.29, 0.717) is 23.0 Å². The molecule has 21 heavy (non-hydrogen) atoms. The summed E-state index contributed by atoms with van der Waals surface area (Å²) in [5.41, 5.74) is 12.0. The van der Waals surface area contributed by atoms with E-state index < -0.39 is 5.91 Å². The molecule has 1 amide bonds. The summed E-state index contributed by atoms with van der Waals surface area (Å²) in [5, 5.41) is 3.64. The number of carbonyl (C=O) groups is 1. The smallest absolute Gasteiger partial charge is 0.255 e. The fourth-order valence-electron chi connectivity index (χ4n) is 1.83. The largest absolute Gasteiger partial charge is 0.497 e. The van der Waals surface area contributed by atoms with Crippen molar-refractivity contribution in [3.05, 3.63) is 29.3 Å². The molecule has 0 atom stereocenters. The van der Waals surface area contributed by atoms with Crippen molar-refractivity contribution in [2.24, 2.45) is 5.73 Å². The van der Waals surface area contributed by atoms with Crippen LogP contribution in [0.15, 0.2) is 18.2 Å². The van der Waals surface area contributed by atoms with Crippen LogP contribution in [-0.4, -0.2) is 24.5 Å². The average molecular weight is 308 g/mol. The molecule has 0 radical (unpaired) electrons. The van der Waals surface area contributed by atoms with Gasteiger partial charge in [-0.1, -0.05) is 0 Å². The maximum absolute atomic E-state index is 11.3. The lowest BCUT2D eigenvalue weighted by Gasteiger charge is -2.11. The zero-order valence-corrected chi connectivity index (χ0v) is 12.5. The number of rotatable bonds is 6. The minimum Gasteiger partial charge on any atom is -0.497 e. The summed E-state index contributed by atoms with van der Waals surface area (Å²) in [6.07, 6.45) is 0. The SMILES string of the molecule is COc1ccc(CNc2snc(N)c2C(N)=O)c(OC)c1. The molecule has 0 spiro atoms. The molecule has 0 aliphatic carbocycles. The van der Waals surface area contributed by atoms with E-state index in [1.54, 1.807) is 20.3 Å². The topological polar surface area (TPSA) is 112 Å². The number of nitrogens with two attached hydrogens (primary N) is 2. The van der Waals surface area contributed by atoms with Crippen LogP contribution >= 0.6 is 11.5 Å². The minimum atomic E-state index is -0.606. The molecule has 2 aromatic rings. The Hall–Kier alpha value is -2.48. The highest BCUT2D eigenvalue weighted by molar-refractivity contribution is 7.11. The van der Waals surface area contributed by atoms with Crippen molar-refractivity contribution >= 4 is 28.3 Å². The molecule has 0 unspecified atom stereocenters. The fourth-order valence-corrected chi connectivity index (χ4v) is 2.55. The van der Waals surface area contributed by atoms with Crippen molar-refractivity contribution in [3.63, 3.8) is 0 Å². The van der Waals surface area contributed by atoms with Gasteiger partial charge >= 0.3 is 0 Å². The summed E-state index contributed by atoms with van der Waals surface area (Å²) >= 11 is 1.09. The second-order valence-electron chi connectivity index (χ2n) is 4.17. The lowest BCUT2D eigenvalue weighted by Crippen LogP contribution is -2.14. The number of benzene rings is 1. The predicted octanol–water partition coefficient (Wildman–Crippen LogP) is 1.45. The number of hydrogen-bond acceptors (Lipinski definition) is 7. The molecule has 0 saturated carbocycles. The van der Waals surface area contributed by atoms with Gasteiger partial charge in [-0.25, -0.2) is 0 Å². The number of anilines is 2. The quantitative estimate of drug-likeness (QED) is 0.744. The number of nitrogens with one attached hydrogen (secondary N) is 1. The Kier molecular flexibility index (Phi) is 4.49. The molecule has 7 nitrogen and oxygen atoms in total. The third-order valence-corrected chi connectivity index (χ3v) is 3.72. The van der Waals surface area contributed by atoms with Crippen LogP contribution in [-0.2, 0) is 6.54 Å². The third kappa shape index (κ3) is 3.16. The highest BCUT2D eigenvalue weighted by Crippen LogP contribution is 2.29. The molecular weight excluding hydrogens is 292 g/mol. The Morgan fingerprint density at radius 3 is 2.76 bits per heavy atom. The molecule has 112 valence electrons. The Bertz CT molecular complexity index is 657. The van der Waals surface area contributed by atoms with Crippen molar-refractivity contribution in [3.8, 4) is 11.5 Å². The Morgan fingerprint density at radius 2 is 2.14 bits per heavy atom. The van der Waals surface area contributed by atoms with Gasteiger partial charge in [0.05, 0.1) is 14.2 Å². The normalized spacial score (nSPS) is 10.2. The van der Waals surface area contributed by atoms with Gasteiger partial charge in [0, 0.05) is 18.2 Å². The molecule has 0 saturated heterocycles. The lowest BCUT2D eigenvalue weighted by atomic mass is 10.2. The molecule has 1 aromatic carbocycles. The van der Waals surface area contributed by atoms with Gasteiger partial charge in [-0.3, -0.25) is 4.79 Å². The van der Waals surface area contributed by atoms with E-state index in [1.165, 1.54) is 0 Å². The molecular formula is C13H16N4O3S. The average Bonchev–Trinajstić information content (AvgIpc) is 2.85. The van der Waals surface area contributed by atoms with E-state index in [2.05, 4.69) is 9.69 Å². The number of amides is 1. The highest BCUT2D eigenvalue weighted by atomic mass is 32.1. The van der Waals surface area contributed by atoms with Crippen LogP contribution in [0.4, 0.5) is 10.8 Å². The molecule has 1 heterocycles. The maximum atomic E-state index is 11.3. The van der Waals surface area contributed by atoms with E-state index in [4.69, 9.17) is 20.9 Å². The Morgan fingerprint density at radius 1 is 1.38 bits per heavy atom. The maximum Gasteiger partial charge on any atom is 0.255 e. The Labute approximate surface area is 126 Å². The van der Waals surface area contributed by atoms with Crippen molar-refractivity contribution in [1.82, 2.24) is 4.37 Å². The van der Waals surface area contributed by atoms with E-state index in [-0.39, 0.29) is 11.4 Å². The minimum absolute atomic E-state index is 0.136. The molecule has 8 heteroatoms. The van der Waals surface area contributed by atoms with Gasteiger partial charge in [0.2, 0.25) is 0 Å². The summed E-state index contributed by atoms with van der Waals surface area (Å²) in [7, 11) is 3.17. The number of aromatic nitrogens is 1. The molecule has 0 bridgehead atoms. The van der Waals surface area contributed by atoms with Gasteiger partial charge in [-0.05, 0) is 23.7 Å². The number of carbonyl (C=O) groups excluding carboxylic acids is 1. The summed E-state index contributed by atoms with van der Waals surface area (Å²) in [6.45, 7) is 0.440. The van der Waals surface area contributed by atoms with Gasteiger partial charge in [-0.2, -0.15) is 4.37 Å². The van der Waals surface area contributed by atoms with E-state index in [1.807, 2.05) is 12.1 Å². The van der Waals surface area contributed by atoms with Crippen molar-refractivity contribution in [2.75, 3.05) is 25.3 Å². The van der Waals surface area contributed by atoms with Crippen molar-refractivity contribution in [2.45, 2.75) is 6.54 Å². The molecule has 0 aliphatic heterocycles. The van der Waals surface area contributed by atoms with Gasteiger partial charge in [0.15, 0.2) is 5.82 Å². The number of ether oxygens (including phenoxy) is 2. The second kappa shape index (κ2) is 6.31. The first-order chi connectivity index (χ1) is 10.1. The fraction of sp³-hybridized carbons (Fsp3) is 0.231. The standard InChI is InChI=1S/C13H16N4O3S/c1-19-8-4-3-7(9(5-8)20-2)6-16-13-10(12(15)18)11(14)17-21-13/h3-5,16H,6H2,1-2H3,(H2,14,17)(H2,15,18).